The van der Waals surface area contributed by atoms with E-state index in [-0.39, 0.29) is 24.0 Å². The van der Waals surface area contributed by atoms with E-state index in [1.807, 2.05) is 37.4 Å². The quantitative estimate of drug-likeness (QED) is 0.185. The van der Waals surface area contributed by atoms with Crippen LogP contribution in [-0.2, 0) is 11.3 Å². The molecule has 1 aromatic carbocycles. The first-order valence-electron chi connectivity index (χ1n) is 8.57. The lowest BCUT2D eigenvalue weighted by Crippen LogP contribution is -2.39. The first-order chi connectivity index (χ1) is 12.1. The van der Waals surface area contributed by atoms with Gasteiger partial charge in [-0.2, -0.15) is 0 Å². The summed E-state index contributed by atoms with van der Waals surface area (Å²) in [4.78, 5) is 17.6. The normalized spacial score (nSPS) is 10.5. The number of benzene rings is 1. The van der Waals surface area contributed by atoms with Gasteiger partial charge in [0.25, 0.3) is 0 Å². The molecule has 7 heteroatoms. The van der Waals surface area contributed by atoms with Gasteiger partial charge in [-0.05, 0) is 37.0 Å². The van der Waals surface area contributed by atoms with E-state index >= 15 is 0 Å². The zero-order valence-electron chi connectivity index (χ0n) is 16.0. The summed E-state index contributed by atoms with van der Waals surface area (Å²) < 4.78 is 4.57. The molecule has 1 rings (SSSR count). The monoisotopic (exact) mass is 474 g/mol. The number of aliphatic imine (C=N–C) groups is 1. The molecular weight excluding hydrogens is 443 g/mol. The fraction of sp³-hybridized carbons (Fsp3) is 0.474. The van der Waals surface area contributed by atoms with Crippen molar-refractivity contribution in [2.45, 2.75) is 32.2 Å². The van der Waals surface area contributed by atoms with Crippen LogP contribution in [0.25, 0.3) is 0 Å². The molecule has 146 valence electrons. The number of unbranched alkanes of at least 4 members (excludes halogenated alkanes) is 3. The second-order valence-corrected chi connectivity index (χ2v) is 5.77. The van der Waals surface area contributed by atoms with Gasteiger partial charge in [0.1, 0.15) is 0 Å². The van der Waals surface area contributed by atoms with Crippen molar-refractivity contribution in [3.63, 3.8) is 0 Å². The third-order valence-electron chi connectivity index (χ3n) is 3.81. The van der Waals surface area contributed by atoms with E-state index in [1.54, 1.807) is 7.05 Å². The number of anilines is 1. The molecule has 26 heavy (non-hydrogen) atoms. The molecule has 0 saturated heterocycles. The minimum atomic E-state index is -0.471. The van der Waals surface area contributed by atoms with Crippen LogP contribution >= 0.6 is 24.0 Å². The number of halogens is 1. The van der Waals surface area contributed by atoms with Crippen LogP contribution in [-0.4, -0.2) is 44.7 Å². The maximum atomic E-state index is 11.2. The Labute approximate surface area is 174 Å². The van der Waals surface area contributed by atoms with E-state index in [0.717, 1.165) is 30.9 Å². The van der Waals surface area contributed by atoms with Gasteiger partial charge in [0, 0.05) is 32.9 Å². The van der Waals surface area contributed by atoms with Gasteiger partial charge >= 0.3 is 6.09 Å². The Kier molecular flexibility index (Phi) is 13.4. The molecule has 6 nitrogen and oxygen atoms in total. The van der Waals surface area contributed by atoms with Crippen LogP contribution in [0.15, 0.2) is 41.9 Å². The fourth-order valence-corrected chi connectivity index (χ4v) is 2.36. The maximum absolute atomic E-state index is 11.2. The highest BCUT2D eigenvalue weighted by Gasteiger charge is 2.06. The molecule has 0 spiro atoms. The molecule has 0 saturated carbocycles. The molecule has 2 N–H and O–H groups in total. The van der Waals surface area contributed by atoms with Gasteiger partial charge in [0.05, 0.1) is 7.11 Å². The Balaban J connectivity index is 0.00000625. The molecule has 0 aromatic heterocycles. The van der Waals surface area contributed by atoms with Gasteiger partial charge in [-0.15, -0.1) is 30.6 Å². The Morgan fingerprint density at radius 3 is 2.54 bits per heavy atom. The second kappa shape index (κ2) is 14.4. The van der Waals surface area contributed by atoms with Crippen LogP contribution < -0.4 is 10.6 Å². The number of rotatable bonds is 9. The van der Waals surface area contributed by atoms with E-state index in [0.29, 0.717) is 12.2 Å². The number of allylic oxidation sites excluding steroid dienone is 1. The van der Waals surface area contributed by atoms with Crippen LogP contribution in [0.4, 0.5) is 10.5 Å². The summed E-state index contributed by atoms with van der Waals surface area (Å²) in [6, 6.07) is 7.61. The van der Waals surface area contributed by atoms with Crippen LogP contribution in [0.2, 0.25) is 0 Å². The number of ether oxygens (including phenoxy) is 1. The van der Waals surface area contributed by atoms with Crippen molar-refractivity contribution in [1.29, 1.82) is 0 Å². The number of hydrogen-bond acceptors (Lipinski definition) is 3. The molecule has 0 aliphatic heterocycles. The molecule has 0 bridgehead atoms. The number of nitrogens with one attached hydrogen (secondary N) is 2. The molecule has 0 aliphatic rings. The van der Waals surface area contributed by atoms with Gasteiger partial charge in [-0.3, -0.25) is 10.3 Å². The van der Waals surface area contributed by atoms with Crippen molar-refractivity contribution in [2.75, 3.05) is 33.1 Å². The smallest absolute Gasteiger partial charge is 0.411 e. The number of carbonyl (C=O) groups is 1. The van der Waals surface area contributed by atoms with Gasteiger partial charge in [0.2, 0.25) is 0 Å². The average molecular weight is 474 g/mol. The third-order valence-corrected chi connectivity index (χ3v) is 3.81. The maximum Gasteiger partial charge on any atom is 0.411 e. The Hall–Kier alpha value is -1.77. The third kappa shape index (κ3) is 9.65. The van der Waals surface area contributed by atoms with E-state index < -0.39 is 6.09 Å². The van der Waals surface area contributed by atoms with Crippen LogP contribution in [0.1, 0.15) is 31.2 Å². The molecule has 1 aromatic rings. The van der Waals surface area contributed by atoms with Gasteiger partial charge in [-0.25, -0.2) is 4.79 Å². The van der Waals surface area contributed by atoms with Crippen molar-refractivity contribution in [3.8, 4) is 0 Å². The summed E-state index contributed by atoms with van der Waals surface area (Å²) in [6.07, 6.45) is 6.10. The topological polar surface area (TPSA) is 66.0 Å². The molecule has 0 unspecified atom stereocenters. The number of guanidine groups is 1. The molecule has 0 heterocycles. The minimum Gasteiger partial charge on any atom is -0.453 e. The van der Waals surface area contributed by atoms with Gasteiger partial charge in [0.15, 0.2) is 5.96 Å². The van der Waals surface area contributed by atoms with Crippen molar-refractivity contribution in [2.24, 2.45) is 4.99 Å². The molecule has 0 fully saturated rings. The number of hydrogen-bond donors (Lipinski definition) is 2. The first kappa shape index (κ1) is 24.2. The van der Waals surface area contributed by atoms with E-state index in [2.05, 4.69) is 31.8 Å². The van der Waals surface area contributed by atoms with E-state index in [4.69, 9.17) is 0 Å². The summed E-state index contributed by atoms with van der Waals surface area (Å²) in [6.45, 7) is 5.39. The standard InChI is InChI=1S/C19H30N4O2.HI/c1-5-6-7-8-9-14-23(3)18(20-2)21-15-16-10-12-17(13-11-16)22-19(24)25-4;/h5,10-13H,1,6-9,14-15H2,2-4H3,(H,20,21)(H,22,24);1H. The second-order valence-electron chi connectivity index (χ2n) is 5.77. The number of methoxy groups -OCH3 is 1. The van der Waals surface area contributed by atoms with Crippen molar-refractivity contribution >= 4 is 41.7 Å². The van der Waals surface area contributed by atoms with Crippen LogP contribution in [0.5, 0.6) is 0 Å². The molecule has 0 aliphatic carbocycles. The zero-order valence-corrected chi connectivity index (χ0v) is 18.3. The fourth-order valence-electron chi connectivity index (χ4n) is 2.36. The molecule has 0 radical (unpaired) electrons. The Morgan fingerprint density at radius 1 is 1.27 bits per heavy atom. The summed E-state index contributed by atoms with van der Waals surface area (Å²) in [7, 11) is 5.18. The lowest BCUT2D eigenvalue weighted by molar-refractivity contribution is 0.187. The highest BCUT2D eigenvalue weighted by atomic mass is 127. The van der Waals surface area contributed by atoms with Crippen molar-refractivity contribution < 1.29 is 9.53 Å². The Morgan fingerprint density at radius 2 is 1.96 bits per heavy atom. The summed E-state index contributed by atoms with van der Waals surface area (Å²) in [5.41, 5.74) is 1.81. The summed E-state index contributed by atoms with van der Waals surface area (Å²) in [5, 5.41) is 5.99. The summed E-state index contributed by atoms with van der Waals surface area (Å²) in [5.74, 6) is 0.875. The summed E-state index contributed by atoms with van der Waals surface area (Å²) >= 11 is 0. The van der Waals surface area contributed by atoms with Crippen LogP contribution in [0.3, 0.4) is 0 Å². The number of amides is 1. The van der Waals surface area contributed by atoms with Crippen LogP contribution in [0, 0.1) is 0 Å². The lowest BCUT2D eigenvalue weighted by atomic mass is 10.2. The van der Waals surface area contributed by atoms with Gasteiger partial charge < -0.3 is 15.0 Å². The number of nitrogens with zero attached hydrogens (tertiary/aromatic N) is 2. The average Bonchev–Trinajstić information content (AvgIpc) is 2.63. The molecule has 0 atom stereocenters. The number of carbonyl (C=O) groups excluding carboxylic acids is 1. The minimum absolute atomic E-state index is 0. The SMILES string of the molecule is C=CCCCCCN(C)C(=NC)NCc1ccc(NC(=O)OC)cc1.I. The predicted octanol–water partition coefficient (Wildman–Crippen LogP) is 4.24. The predicted molar refractivity (Wildman–Crippen MR) is 119 cm³/mol. The van der Waals surface area contributed by atoms with Gasteiger partial charge in [-0.1, -0.05) is 24.6 Å². The van der Waals surface area contributed by atoms with Crippen molar-refractivity contribution in [1.82, 2.24) is 10.2 Å². The zero-order chi connectivity index (χ0) is 18.5. The first-order valence-corrected chi connectivity index (χ1v) is 8.57. The van der Waals surface area contributed by atoms with Crippen molar-refractivity contribution in [3.05, 3.63) is 42.5 Å². The molecular formula is C19H31IN4O2. The highest BCUT2D eigenvalue weighted by Crippen LogP contribution is 2.10. The highest BCUT2D eigenvalue weighted by molar-refractivity contribution is 14.0. The van der Waals surface area contributed by atoms with E-state index in [1.165, 1.54) is 20.0 Å². The Bertz CT molecular complexity index is 561. The lowest BCUT2D eigenvalue weighted by Gasteiger charge is -2.22. The largest absolute Gasteiger partial charge is 0.453 e. The van der Waals surface area contributed by atoms with E-state index in [9.17, 15) is 4.79 Å². The molecule has 1 amide bonds.